The Morgan fingerprint density at radius 3 is 3.00 bits per heavy atom. The summed E-state index contributed by atoms with van der Waals surface area (Å²) in [6.45, 7) is 1.28. The standard InChI is InChI=1S/C16H17N7O2/c24-16(11-3-6-23(25)7-4-11)22-5-1-2-12(8-22)21-15-13-14(18-9-17-13)19-10-20-15/h3-4,6-7,9-10,12H,1-2,5,8H2,(H2,17,18,19,20,21)/t12-/m1/s1. The van der Waals surface area contributed by atoms with Gasteiger partial charge in [0.05, 0.1) is 11.9 Å². The van der Waals surface area contributed by atoms with Crippen LogP contribution in [0, 0.1) is 5.21 Å². The number of imidazole rings is 1. The Morgan fingerprint density at radius 1 is 1.32 bits per heavy atom. The van der Waals surface area contributed by atoms with Gasteiger partial charge >= 0.3 is 0 Å². The number of nitrogens with one attached hydrogen (secondary N) is 2. The number of carbonyl (C=O) groups is 1. The Balaban J connectivity index is 1.48. The third-order valence-electron chi connectivity index (χ3n) is 4.32. The summed E-state index contributed by atoms with van der Waals surface area (Å²) in [7, 11) is 0. The van der Waals surface area contributed by atoms with E-state index in [9.17, 15) is 10.0 Å². The van der Waals surface area contributed by atoms with Crippen LogP contribution in [0.5, 0.6) is 0 Å². The topological polar surface area (TPSA) is 114 Å². The van der Waals surface area contributed by atoms with Gasteiger partial charge in [0.2, 0.25) is 0 Å². The highest BCUT2D eigenvalue weighted by molar-refractivity contribution is 5.94. The first-order chi connectivity index (χ1) is 12.2. The fourth-order valence-corrected chi connectivity index (χ4v) is 3.09. The van der Waals surface area contributed by atoms with Crippen LogP contribution in [0.1, 0.15) is 23.2 Å². The molecule has 2 N–H and O–H groups in total. The van der Waals surface area contributed by atoms with Crippen molar-refractivity contribution in [2.24, 2.45) is 0 Å². The summed E-state index contributed by atoms with van der Waals surface area (Å²) in [6.07, 6.45) is 7.57. The molecule has 0 radical (unpaired) electrons. The third-order valence-corrected chi connectivity index (χ3v) is 4.32. The van der Waals surface area contributed by atoms with E-state index < -0.39 is 0 Å². The Bertz CT molecular complexity index is 893. The maximum atomic E-state index is 12.6. The lowest BCUT2D eigenvalue weighted by molar-refractivity contribution is -0.605. The second-order valence-corrected chi connectivity index (χ2v) is 6.00. The van der Waals surface area contributed by atoms with E-state index in [1.807, 2.05) is 0 Å². The number of aromatic nitrogens is 5. The van der Waals surface area contributed by atoms with E-state index in [1.165, 1.54) is 18.7 Å². The number of rotatable bonds is 3. The molecule has 0 aliphatic carbocycles. The molecule has 9 heteroatoms. The summed E-state index contributed by atoms with van der Waals surface area (Å²) in [6, 6.07) is 3.18. The Kier molecular flexibility index (Phi) is 3.88. The van der Waals surface area contributed by atoms with E-state index in [-0.39, 0.29) is 11.9 Å². The average molecular weight is 339 g/mol. The zero-order valence-corrected chi connectivity index (χ0v) is 13.4. The van der Waals surface area contributed by atoms with Gasteiger partial charge in [-0.1, -0.05) is 0 Å². The van der Waals surface area contributed by atoms with Gasteiger partial charge in [0.15, 0.2) is 23.9 Å². The lowest BCUT2D eigenvalue weighted by Crippen LogP contribution is -2.45. The lowest BCUT2D eigenvalue weighted by atomic mass is 10.0. The van der Waals surface area contributed by atoms with Crippen molar-refractivity contribution in [3.05, 3.63) is 48.0 Å². The van der Waals surface area contributed by atoms with Crippen LogP contribution in [0.2, 0.25) is 0 Å². The molecule has 1 saturated heterocycles. The number of H-pyrrole nitrogens is 1. The molecule has 25 heavy (non-hydrogen) atoms. The number of hydrogen-bond donors (Lipinski definition) is 2. The minimum atomic E-state index is -0.0681. The first kappa shape index (κ1) is 15.3. The van der Waals surface area contributed by atoms with Crippen LogP contribution in [0.25, 0.3) is 11.2 Å². The normalized spacial score (nSPS) is 17.6. The van der Waals surface area contributed by atoms with Gasteiger partial charge in [0, 0.05) is 31.3 Å². The fourth-order valence-electron chi connectivity index (χ4n) is 3.09. The number of piperidine rings is 1. The number of anilines is 1. The minimum absolute atomic E-state index is 0.0681. The van der Waals surface area contributed by atoms with Gasteiger partial charge in [-0.2, -0.15) is 4.73 Å². The van der Waals surface area contributed by atoms with E-state index in [2.05, 4.69) is 25.3 Å². The third kappa shape index (κ3) is 3.08. The van der Waals surface area contributed by atoms with Gasteiger partial charge < -0.3 is 20.4 Å². The number of carbonyl (C=O) groups excluding carboxylic acids is 1. The van der Waals surface area contributed by atoms with Crippen LogP contribution >= 0.6 is 0 Å². The number of fused-ring (bicyclic) bond motifs is 1. The molecule has 0 bridgehead atoms. The minimum Gasteiger partial charge on any atom is -0.619 e. The van der Waals surface area contributed by atoms with Gasteiger partial charge in [0.1, 0.15) is 11.8 Å². The first-order valence-corrected chi connectivity index (χ1v) is 8.09. The van der Waals surface area contributed by atoms with Gasteiger partial charge in [-0.3, -0.25) is 4.79 Å². The van der Waals surface area contributed by atoms with Gasteiger partial charge in [-0.25, -0.2) is 15.0 Å². The van der Waals surface area contributed by atoms with Gasteiger partial charge in [-0.05, 0) is 12.8 Å². The zero-order chi connectivity index (χ0) is 17.2. The summed E-state index contributed by atoms with van der Waals surface area (Å²) in [5.74, 6) is 0.621. The highest BCUT2D eigenvalue weighted by atomic mass is 16.5. The monoisotopic (exact) mass is 339 g/mol. The molecule has 4 heterocycles. The van der Waals surface area contributed by atoms with E-state index in [1.54, 1.807) is 23.4 Å². The van der Waals surface area contributed by atoms with E-state index in [4.69, 9.17) is 0 Å². The van der Waals surface area contributed by atoms with Crippen LogP contribution in [0.4, 0.5) is 5.82 Å². The van der Waals surface area contributed by atoms with Crippen LogP contribution in [-0.4, -0.2) is 49.9 Å². The second kappa shape index (κ2) is 6.34. The molecule has 9 nitrogen and oxygen atoms in total. The summed E-state index contributed by atoms with van der Waals surface area (Å²) in [5.41, 5.74) is 1.89. The number of nitrogens with zero attached hydrogens (tertiary/aromatic N) is 5. The van der Waals surface area contributed by atoms with Crippen molar-refractivity contribution < 1.29 is 9.52 Å². The van der Waals surface area contributed by atoms with Crippen molar-refractivity contribution >= 4 is 22.9 Å². The molecular weight excluding hydrogens is 322 g/mol. The highest BCUT2D eigenvalue weighted by Gasteiger charge is 2.25. The molecule has 3 aromatic heterocycles. The molecule has 3 aromatic rings. The second-order valence-electron chi connectivity index (χ2n) is 6.00. The molecule has 1 atom stereocenters. The summed E-state index contributed by atoms with van der Waals surface area (Å²) >= 11 is 0. The van der Waals surface area contributed by atoms with E-state index in [0.29, 0.717) is 34.8 Å². The largest absolute Gasteiger partial charge is 0.619 e. The van der Waals surface area contributed by atoms with Crippen molar-refractivity contribution in [2.75, 3.05) is 18.4 Å². The summed E-state index contributed by atoms with van der Waals surface area (Å²) < 4.78 is 0.669. The SMILES string of the molecule is O=C(c1cc[n+]([O-])cc1)N1CCC[C@@H](Nc2ncnc3nc[nH]c23)C1. The molecule has 0 spiro atoms. The molecule has 1 fully saturated rings. The Hall–Kier alpha value is -3.23. The maximum absolute atomic E-state index is 12.6. The molecular formula is C16H17N7O2. The molecule has 0 saturated carbocycles. The van der Waals surface area contributed by atoms with Crippen LogP contribution in [-0.2, 0) is 0 Å². The van der Waals surface area contributed by atoms with Crippen molar-refractivity contribution in [3.63, 3.8) is 0 Å². The highest BCUT2D eigenvalue weighted by Crippen LogP contribution is 2.20. The summed E-state index contributed by atoms with van der Waals surface area (Å²) in [4.78, 5) is 30.0. The molecule has 0 aromatic carbocycles. The smallest absolute Gasteiger partial charge is 0.254 e. The van der Waals surface area contributed by atoms with E-state index >= 15 is 0 Å². The fraction of sp³-hybridized carbons (Fsp3) is 0.312. The van der Waals surface area contributed by atoms with Crippen molar-refractivity contribution in [2.45, 2.75) is 18.9 Å². The van der Waals surface area contributed by atoms with Crippen LogP contribution < -0.4 is 10.0 Å². The molecule has 0 unspecified atom stereocenters. The predicted molar refractivity (Wildman–Crippen MR) is 89.6 cm³/mol. The first-order valence-electron chi connectivity index (χ1n) is 8.09. The van der Waals surface area contributed by atoms with Gasteiger partial charge in [-0.15, -0.1) is 0 Å². The van der Waals surface area contributed by atoms with Crippen LogP contribution in [0.3, 0.4) is 0 Å². The molecule has 4 rings (SSSR count). The number of likely N-dealkylation sites (tertiary alicyclic amines) is 1. The lowest BCUT2D eigenvalue weighted by Gasteiger charge is -2.33. The van der Waals surface area contributed by atoms with Crippen molar-refractivity contribution in [3.8, 4) is 0 Å². The number of hydrogen-bond acceptors (Lipinski definition) is 6. The molecule has 1 aliphatic rings. The van der Waals surface area contributed by atoms with Crippen molar-refractivity contribution in [1.29, 1.82) is 0 Å². The predicted octanol–water partition coefficient (Wildman–Crippen LogP) is 0.703. The van der Waals surface area contributed by atoms with E-state index in [0.717, 1.165) is 18.4 Å². The molecule has 1 amide bonds. The number of amides is 1. The van der Waals surface area contributed by atoms with Gasteiger partial charge in [0.25, 0.3) is 5.91 Å². The average Bonchev–Trinajstić information content (AvgIpc) is 3.12. The molecule has 1 aliphatic heterocycles. The van der Waals surface area contributed by atoms with Crippen LogP contribution in [0.15, 0.2) is 37.2 Å². The Labute approximate surface area is 143 Å². The quantitative estimate of drug-likeness (QED) is 0.536. The Morgan fingerprint density at radius 2 is 2.16 bits per heavy atom. The maximum Gasteiger partial charge on any atom is 0.254 e. The number of pyridine rings is 1. The van der Waals surface area contributed by atoms with Crippen molar-refractivity contribution in [1.82, 2.24) is 24.8 Å². The zero-order valence-electron chi connectivity index (χ0n) is 13.4. The molecule has 128 valence electrons. The number of aromatic amines is 1. The summed E-state index contributed by atoms with van der Waals surface area (Å²) in [5, 5.41) is 14.5.